The van der Waals surface area contributed by atoms with Crippen LogP contribution < -0.4 is 15.5 Å². The maximum absolute atomic E-state index is 14.2. The summed E-state index contributed by atoms with van der Waals surface area (Å²) in [6, 6.07) is 10.7. The first-order valence-corrected chi connectivity index (χ1v) is 13.6. The lowest BCUT2D eigenvalue weighted by atomic mass is 10.0. The molecule has 0 unspecified atom stereocenters. The summed E-state index contributed by atoms with van der Waals surface area (Å²) in [7, 11) is 0. The minimum atomic E-state index is -4.82. The fourth-order valence-corrected chi connectivity index (χ4v) is 5.57. The van der Waals surface area contributed by atoms with Crippen LogP contribution >= 0.6 is 0 Å². The third kappa shape index (κ3) is 5.29. The average molecular weight is 623 g/mol. The Labute approximate surface area is 251 Å². The lowest BCUT2D eigenvalue weighted by molar-refractivity contribution is -0.138. The van der Waals surface area contributed by atoms with Gasteiger partial charge >= 0.3 is 6.18 Å². The van der Waals surface area contributed by atoms with E-state index in [9.17, 15) is 36.6 Å². The first-order chi connectivity index (χ1) is 21.3. The Morgan fingerprint density at radius 3 is 2.58 bits per heavy atom. The number of alkyl halides is 3. The van der Waals surface area contributed by atoms with Crippen molar-refractivity contribution in [2.75, 3.05) is 0 Å². The number of nitrogens with one attached hydrogen (secondary N) is 2. The van der Waals surface area contributed by atoms with Crippen LogP contribution in [0.3, 0.4) is 0 Å². The topological polar surface area (TPSA) is 117 Å². The number of amides is 1. The Bertz CT molecular complexity index is 2060. The molecule has 1 amide bonds. The lowest BCUT2D eigenvalue weighted by Gasteiger charge is -2.19. The largest absolute Gasteiger partial charge is 0.438 e. The summed E-state index contributed by atoms with van der Waals surface area (Å²) in [5, 5.41) is 13.2. The van der Waals surface area contributed by atoms with Crippen LogP contribution in [0.15, 0.2) is 65.7 Å². The van der Waals surface area contributed by atoms with E-state index in [0.717, 1.165) is 36.2 Å². The Kier molecular flexibility index (Phi) is 7.36. The lowest BCUT2D eigenvalue weighted by Crippen LogP contribution is -2.34. The predicted octanol–water partition coefficient (Wildman–Crippen LogP) is 6.08. The highest BCUT2D eigenvalue weighted by Gasteiger charge is 2.36. The number of aliphatic hydroxyl groups is 1. The van der Waals surface area contributed by atoms with E-state index in [2.05, 4.69) is 20.3 Å². The summed E-state index contributed by atoms with van der Waals surface area (Å²) in [6.07, 6.45) is -3.61. The molecule has 13 heteroatoms. The van der Waals surface area contributed by atoms with Gasteiger partial charge in [-0.05, 0) is 48.7 Å². The van der Waals surface area contributed by atoms with Crippen LogP contribution in [0.4, 0.5) is 22.0 Å². The fourth-order valence-electron chi connectivity index (χ4n) is 5.57. The van der Waals surface area contributed by atoms with Crippen molar-refractivity contribution in [3.05, 3.63) is 116 Å². The number of ether oxygens (including phenoxy) is 1. The molecular formula is C32H23F5N4O4. The molecular weight excluding hydrogens is 599 g/mol. The number of rotatable bonds is 5. The van der Waals surface area contributed by atoms with Crippen LogP contribution in [-0.2, 0) is 12.6 Å². The first kappa shape index (κ1) is 29.9. The zero-order valence-electron chi connectivity index (χ0n) is 23.6. The standard InChI is InChI=1S/C32H23F5N4O4/c1-14-18(32(35,36)37)13-39-31(45-24-8-7-19(33)27(34)15(24)2)25(14)21-12-22(42)26-20(40-21)9-10-38-29(26)30(44)41-28-17-6-4-3-5-16(17)11-23(28)43/h3-10,12-13,23,28,43H,11H2,1-2H3,(H,40,42)(H,41,44)/t23-,28+/m1/s1. The molecule has 0 saturated carbocycles. The number of halogens is 5. The van der Waals surface area contributed by atoms with Crippen molar-refractivity contribution in [2.45, 2.75) is 38.6 Å². The molecule has 0 saturated heterocycles. The van der Waals surface area contributed by atoms with Crippen LogP contribution in [0.1, 0.15) is 44.3 Å². The van der Waals surface area contributed by atoms with Crippen molar-refractivity contribution in [2.24, 2.45) is 0 Å². The maximum atomic E-state index is 14.2. The van der Waals surface area contributed by atoms with Crippen molar-refractivity contribution in [1.82, 2.24) is 20.3 Å². The molecule has 2 aromatic carbocycles. The Morgan fingerprint density at radius 1 is 1.07 bits per heavy atom. The summed E-state index contributed by atoms with van der Waals surface area (Å²) in [4.78, 5) is 37.7. The zero-order valence-corrected chi connectivity index (χ0v) is 23.6. The molecule has 0 aliphatic heterocycles. The Balaban J connectivity index is 1.45. The van der Waals surface area contributed by atoms with Gasteiger partial charge in [-0.2, -0.15) is 13.2 Å². The van der Waals surface area contributed by atoms with Gasteiger partial charge in [-0.3, -0.25) is 14.6 Å². The van der Waals surface area contributed by atoms with Crippen molar-refractivity contribution >= 4 is 16.8 Å². The number of H-pyrrole nitrogens is 1. The summed E-state index contributed by atoms with van der Waals surface area (Å²) < 4.78 is 75.4. The highest BCUT2D eigenvalue weighted by molar-refractivity contribution is 6.04. The van der Waals surface area contributed by atoms with Gasteiger partial charge < -0.3 is 20.1 Å². The number of aromatic amines is 1. The van der Waals surface area contributed by atoms with Crippen molar-refractivity contribution in [1.29, 1.82) is 0 Å². The van der Waals surface area contributed by atoms with Crippen molar-refractivity contribution in [3.8, 4) is 22.9 Å². The number of aromatic nitrogens is 3. The second kappa shape index (κ2) is 11.1. The molecule has 0 bridgehead atoms. The molecule has 3 aromatic heterocycles. The molecule has 45 heavy (non-hydrogen) atoms. The first-order valence-electron chi connectivity index (χ1n) is 13.6. The van der Waals surface area contributed by atoms with Gasteiger partial charge in [-0.1, -0.05) is 24.3 Å². The minimum absolute atomic E-state index is 0.0665. The van der Waals surface area contributed by atoms with Crippen molar-refractivity contribution in [3.63, 3.8) is 0 Å². The number of carbonyl (C=O) groups is 1. The monoisotopic (exact) mass is 622 g/mol. The van der Waals surface area contributed by atoms with Gasteiger partial charge in [0.05, 0.1) is 39.9 Å². The minimum Gasteiger partial charge on any atom is -0.438 e. The van der Waals surface area contributed by atoms with Crippen LogP contribution in [0.25, 0.3) is 22.2 Å². The van der Waals surface area contributed by atoms with Crippen LogP contribution in [0, 0.1) is 25.5 Å². The number of pyridine rings is 3. The maximum Gasteiger partial charge on any atom is 0.418 e. The Morgan fingerprint density at radius 2 is 1.82 bits per heavy atom. The molecule has 2 atom stereocenters. The van der Waals surface area contributed by atoms with Gasteiger partial charge in [0.25, 0.3) is 5.91 Å². The molecule has 3 heterocycles. The molecule has 1 aliphatic rings. The predicted molar refractivity (Wildman–Crippen MR) is 153 cm³/mol. The molecule has 0 radical (unpaired) electrons. The molecule has 0 fully saturated rings. The van der Waals surface area contributed by atoms with Gasteiger partial charge in [0.15, 0.2) is 17.1 Å². The fraction of sp³-hybridized carbons (Fsp3) is 0.188. The van der Waals surface area contributed by atoms with E-state index in [1.807, 2.05) is 12.1 Å². The van der Waals surface area contributed by atoms with Gasteiger partial charge in [-0.25, -0.2) is 13.8 Å². The molecule has 3 N–H and O–H groups in total. The third-order valence-electron chi connectivity index (χ3n) is 7.82. The van der Waals surface area contributed by atoms with Crippen molar-refractivity contribution < 1.29 is 36.6 Å². The van der Waals surface area contributed by atoms with Gasteiger partial charge in [0.1, 0.15) is 11.4 Å². The number of aliphatic hydroxyl groups excluding tert-OH is 1. The molecule has 6 rings (SSSR count). The van der Waals surface area contributed by atoms with E-state index in [-0.39, 0.29) is 44.7 Å². The highest BCUT2D eigenvalue weighted by Crippen LogP contribution is 2.41. The molecule has 230 valence electrons. The van der Waals surface area contributed by atoms with E-state index >= 15 is 0 Å². The number of nitrogens with zero attached hydrogens (tertiary/aromatic N) is 2. The number of carbonyl (C=O) groups excluding carboxylic acids is 1. The summed E-state index contributed by atoms with van der Waals surface area (Å²) in [5.74, 6) is -3.71. The summed E-state index contributed by atoms with van der Waals surface area (Å²) in [6.45, 7) is 2.38. The molecule has 8 nitrogen and oxygen atoms in total. The summed E-state index contributed by atoms with van der Waals surface area (Å²) in [5.41, 5.74) is -1.47. The SMILES string of the molecule is Cc1c(Oc2ncc(C(F)(F)F)c(C)c2-c2cc(=O)c3c(C(=O)N[C@H]4c5ccccc5C[C@H]4O)nccc3[nH]2)ccc(F)c1F. The second-order valence-electron chi connectivity index (χ2n) is 10.6. The normalized spacial score (nSPS) is 16.1. The van der Waals surface area contributed by atoms with E-state index < -0.39 is 52.7 Å². The average Bonchev–Trinajstić information content (AvgIpc) is 3.30. The Hall–Kier alpha value is -5.17. The van der Waals surface area contributed by atoms with E-state index in [1.54, 1.807) is 12.1 Å². The summed E-state index contributed by atoms with van der Waals surface area (Å²) >= 11 is 0. The van der Waals surface area contributed by atoms with Gasteiger partial charge in [-0.15, -0.1) is 0 Å². The number of hydrogen-bond acceptors (Lipinski definition) is 6. The van der Waals surface area contributed by atoms with E-state index in [4.69, 9.17) is 4.74 Å². The van der Waals surface area contributed by atoms with Crippen LogP contribution in [0.2, 0.25) is 0 Å². The van der Waals surface area contributed by atoms with E-state index in [1.165, 1.54) is 19.2 Å². The number of benzene rings is 2. The quantitative estimate of drug-likeness (QED) is 0.205. The highest BCUT2D eigenvalue weighted by atomic mass is 19.4. The third-order valence-corrected chi connectivity index (χ3v) is 7.82. The smallest absolute Gasteiger partial charge is 0.418 e. The molecule has 0 spiro atoms. The van der Waals surface area contributed by atoms with Gasteiger partial charge in [0.2, 0.25) is 5.88 Å². The number of hydrogen-bond donors (Lipinski definition) is 3. The zero-order chi connectivity index (χ0) is 32.2. The second-order valence-corrected chi connectivity index (χ2v) is 10.6. The molecule has 5 aromatic rings. The number of fused-ring (bicyclic) bond motifs is 2. The van der Waals surface area contributed by atoms with Crippen LogP contribution in [0.5, 0.6) is 11.6 Å². The molecule has 1 aliphatic carbocycles. The van der Waals surface area contributed by atoms with Crippen LogP contribution in [-0.4, -0.2) is 32.1 Å². The van der Waals surface area contributed by atoms with Gasteiger partial charge in [0, 0.05) is 30.4 Å². The van der Waals surface area contributed by atoms with E-state index in [0.29, 0.717) is 12.6 Å².